The summed E-state index contributed by atoms with van der Waals surface area (Å²) in [5, 5.41) is 9.94. The van der Waals surface area contributed by atoms with Crippen molar-refractivity contribution in [3.8, 4) is 0 Å². The summed E-state index contributed by atoms with van der Waals surface area (Å²) in [6.07, 6.45) is 11.8. The molecule has 4 saturated carbocycles. The highest BCUT2D eigenvalue weighted by molar-refractivity contribution is 5.79. The van der Waals surface area contributed by atoms with Crippen LogP contribution in [0.3, 0.4) is 0 Å². The zero-order valence-electron chi connectivity index (χ0n) is 15.9. The molecule has 2 heteroatoms. The molecule has 136 valence electrons. The molecule has 4 fully saturated rings. The summed E-state index contributed by atoms with van der Waals surface area (Å²) in [4.78, 5) is 12.0. The SMILES string of the molecule is CC(O)CC1CCC2[C@@H]3CCC4CC(=O)CCC4(C)C3CCC12C. The van der Waals surface area contributed by atoms with Crippen molar-refractivity contribution in [3.63, 3.8) is 0 Å². The van der Waals surface area contributed by atoms with Crippen LogP contribution < -0.4 is 0 Å². The van der Waals surface area contributed by atoms with Crippen LogP contribution in [-0.4, -0.2) is 17.0 Å². The van der Waals surface area contributed by atoms with Crippen molar-refractivity contribution >= 4 is 5.78 Å². The maximum atomic E-state index is 12.0. The quantitative estimate of drug-likeness (QED) is 0.774. The molecule has 1 N–H and O–H groups in total. The Bertz CT molecular complexity index is 512. The van der Waals surface area contributed by atoms with Gasteiger partial charge in [-0.3, -0.25) is 4.79 Å². The van der Waals surface area contributed by atoms with E-state index in [1.165, 1.54) is 38.5 Å². The number of carbonyl (C=O) groups is 1. The van der Waals surface area contributed by atoms with Gasteiger partial charge in [0.2, 0.25) is 0 Å². The number of rotatable bonds is 2. The third-order valence-corrected chi connectivity index (χ3v) is 9.30. The first-order valence-electron chi connectivity index (χ1n) is 10.5. The number of carbonyl (C=O) groups excluding carboxylic acids is 1. The number of aliphatic hydroxyl groups excluding tert-OH is 1. The second-order valence-electron chi connectivity index (χ2n) is 10.3. The van der Waals surface area contributed by atoms with Crippen LogP contribution in [0.4, 0.5) is 0 Å². The van der Waals surface area contributed by atoms with Gasteiger partial charge in [0.25, 0.3) is 0 Å². The van der Waals surface area contributed by atoms with Crippen molar-refractivity contribution in [1.82, 2.24) is 0 Å². The van der Waals surface area contributed by atoms with Gasteiger partial charge in [0.1, 0.15) is 5.78 Å². The van der Waals surface area contributed by atoms with Gasteiger partial charge in [-0.05, 0) is 98.7 Å². The summed E-state index contributed by atoms with van der Waals surface area (Å²) < 4.78 is 0. The Kier molecular flexibility index (Phi) is 4.14. The van der Waals surface area contributed by atoms with E-state index in [0.29, 0.717) is 22.5 Å². The summed E-state index contributed by atoms with van der Waals surface area (Å²) in [5.41, 5.74) is 0.895. The van der Waals surface area contributed by atoms with Crippen LogP contribution in [0.5, 0.6) is 0 Å². The summed E-state index contributed by atoms with van der Waals surface area (Å²) in [6, 6.07) is 0. The Morgan fingerprint density at radius 3 is 2.54 bits per heavy atom. The van der Waals surface area contributed by atoms with E-state index in [0.717, 1.165) is 49.4 Å². The van der Waals surface area contributed by atoms with Crippen molar-refractivity contribution in [2.24, 2.45) is 40.4 Å². The first-order chi connectivity index (χ1) is 11.3. The minimum Gasteiger partial charge on any atom is -0.393 e. The second-order valence-corrected chi connectivity index (χ2v) is 10.3. The third kappa shape index (κ3) is 2.42. The lowest BCUT2D eigenvalue weighted by Gasteiger charge is -2.60. The van der Waals surface area contributed by atoms with Crippen molar-refractivity contribution in [3.05, 3.63) is 0 Å². The molecule has 0 aromatic heterocycles. The average Bonchev–Trinajstić information content (AvgIpc) is 2.84. The van der Waals surface area contributed by atoms with Gasteiger partial charge in [0, 0.05) is 12.8 Å². The molecule has 0 aromatic rings. The fraction of sp³-hybridized carbons (Fsp3) is 0.955. The number of ketones is 1. The maximum Gasteiger partial charge on any atom is 0.133 e. The van der Waals surface area contributed by atoms with Crippen molar-refractivity contribution in [2.75, 3.05) is 0 Å². The van der Waals surface area contributed by atoms with E-state index in [1.54, 1.807) is 0 Å². The topological polar surface area (TPSA) is 37.3 Å². The predicted octanol–water partition coefficient (Wildman–Crippen LogP) is 4.99. The lowest BCUT2D eigenvalue weighted by atomic mass is 9.44. The molecule has 24 heavy (non-hydrogen) atoms. The monoisotopic (exact) mass is 332 g/mol. The number of fused-ring (bicyclic) bond motifs is 5. The van der Waals surface area contributed by atoms with Crippen LogP contribution in [0.1, 0.15) is 85.0 Å². The smallest absolute Gasteiger partial charge is 0.133 e. The van der Waals surface area contributed by atoms with Crippen molar-refractivity contribution in [2.45, 2.75) is 91.1 Å². The van der Waals surface area contributed by atoms with E-state index in [1.807, 2.05) is 6.92 Å². The average molecular weight is 333 g/mol. The van der Waals surface area contributed by atoms with Crippen molar-refractivity contribution < 1.29 is 9.90 Å². The van der Waals surface area contributed by atoms with Crippen molar-refractivity contribution in [1.29, 1.82) is 0 Å². The molecule has 4 rings (SSSR count). The Hall–Kier alpha value is -0.370. The minimum atomic E-state index is -0.152. The predicted molar refractivity (Wildman–Crippen MR) is 96.5 cm³/mol. The summed E-state index contributed by atoms with van der Waals surface area (Å²) in [7, 11) is 0. The molecule has 4 aliphatic rings. The normalized spacial score (nSPS) is 52.3. The number of aliphatic hydroxyl groups is 1. The van der Waals surface area contributed by atoms with E-state index >= 15 is 0 Å². The zero-order valence-corrected chi connectivity index (χ0v) is 15.9. The molecule has 0 amide bonds. The number of Topliss-reactive ketones (excluding diaryl/α,β-unsaturated/α-hetero) is 1. The standard InChI is InChI=1S/C22H36O2/c1-14(23)12-15-5-7-19-18-6-4-16-13-17(24)8-10-21(16,2)20(18)9-11-22(15,19)3/h14-16,18-20,23H,4-13H2,1-3H3/t14?,15?,16?,18-,19?,20?,21?,22?/m0/s1. The highest BCUT2D eigenvalue weighted by atomic mass is 16.3. The van der Waals surface area contributed by atoms with Crippen LogP contribution in [0.25, 0.3) is 0 Å². The highest BCUT2D eigenvalue weighted by Crippen LogP contribution is 2.67. The van der Waals surface area contributed by atoms with E-state index in [-0.39, 0.29) is 6.10 Å². The Morgan fingerprint density at radius 1 is 1.04 bits per heavy atom. The van der Waals surface area contributed by atoms with Gasteiger partial charge in [0.05, 0.1) is 6.10 Å². The highest BCUT2D eigenvalue weighted by Gasteiger charge is 2.59. The molecule has 7 unspecified atom stereocenters. The summed E-state index contributed by atoms with van der Waals surface area (Å²) in [6.45, 7) is 7.05. The zero-order chi connectivity index (χ0) is 17.1. The molecule has 0 spiro atoms. The van der Waals surface area contributed by atoms with E-state index in [4.69, 9.17) is 0 Å². The maximum absolute atomic E-state index is 12.0. The van der Waals surface area contributed by atoms with Gasteiger partial charge in [-0.2, -0.15) is 0 Å². The van der Waals surface area contributed by atoms with E-state index < -0.39 is 0 Å². The molecule has 0 aliphatic heterocycles. The molecule has 0 saturated heterocycles. The fourth-order valence-corrected chi connectivity index (χ4v) is 7.95. The first-order valence-corrected chi connectivity index (χ1v) is 10.5. The fourth-order valence-electron chi connectivity index (χ4n) is 7.95. The Morgan fingerprint density at radius 2 is 1.79 bits per heavy atom. The molecule has 4 aliphatic carbocycles. The van der Waals surface area contributed by atoms with Gasteiger partial charge in [-0.1, -0.05) is 13.8 Å². The minimum absolute atomic E-state index is 0.152. The summed E-state index contributed by atoms with van der Waals surface area (Å²) in [5.74, 6) is 4.52. The Balaban J connectivity index is 1.57. The largest absolute Gasteiger partial charge is 0.393 e. The van der Waals surface area contributed by atoms with E-state index in [9.17, 15) is 9.90 Å². The first kappa shape index (κ1) is 17.1. The molecular formula is C22H36O2. The molecule has 0 aromatic carbocycles. The number of hydrogen-bond donors (Lipinski definition) is 1. The lowest BCUT2D eigenvalue weighted by molar-refractivity contribution is -0.139. The van der Waals surface area contributed by atoms with Crippen LogP contribution in [0, 0.1) is 40.4 Å². The number of hydrogen-bond acceptors (Lipinski definition) is 2. The third-order valence-electron chi connectivity index (χ3n) is 9.30. The molecular weight excluding hydrogens is 296 g/mol. The Labute approximate surface area is 147 Å². The van der Waals surface area contributed by atoms with E-state index in [2.05, 4.69) is 13.8 Å². The summed E-state index contributed by atoms with van der Waals surface area (Å²) >= 11 is 0. The molecule has 0 bridgehead atoms. The van der Waals surface area contributed by atoms with Gasteiger partial charge in [-0.15, -0.1) is 0 Å². The van der Waals surface area contributed by atoms with Crippen LogP contribution >= 0.6 is 0 Å². The second kappa shape index (κ2) is 5.83. The van der Waals surface area contributed by atoms with Crippen LogP contribution in [0.15, 0.2) is 0 Å². The van der Waals surface area contributed by atoms with Crippen LogP contribution in [-0.2, 0) is 4.79 Å². The van der Waals surface area contributed by atoms with Gasteiger partial charge in [0.15, 0.2) is 0 Å². The molecule has 8 atom stereocenters. The molecule has 2 nitrogen and oxygen atoms in total. The molecule has 0 radical (unpaired) electrons. The van der Waals surface area contributed by atoms with Gasteiger partial charge >= 0.3 is 0 Å². The lowest BCUT2D eigenvalue weighted by Crippen LogP contribution is -2.53. The van der Waals surface area contributed by atoms with Crippen LogP contribution in [0.2, 0.25) is 0 Å². The van der Waals surface area contributed by atoms with Gasteiger partial charge < -0.3 is 5.11 Å². The van der Waals surface area contributed by atoms with Gasteiger partial charge in [-0.25, -0.2) is 0 Å². The molecule has 0 heterocycles.